The van der Waals surface area contributed by atoms with Gasteiger partial charge in [-0.3, -0.25) is 4.79 Å². The lowest BCUT2D eigenvalue weighted by Gasteiger charge is -2.04. The molecule has 0 unspecified atom stereocenters. The first-order valence-corrected chi connectivity index (χ1v) is 10.00. The number of carbonyl (C=O) groups is 1. The smallest absolute Gasteiger partial charge is 0.316 e. The average Bonchev–Trinajstić information content (AvgIpc) is 3.17. The molecule has 0 atom stereocenters. The van der Waals surface area contributed by atoms with Crippen LogP contribution >= 0.6 is 27.7 Å². The van der Waals surface area contributed by atoms with Crippen LogP contribution in [-0.4, -0.2) is 21.9 Å². The molecule has 0 bridgehead atoms. The number of rotatable bonds is 7. The fourth-order valence-corrected chi connectivity index (χ4v) is 3.36. The molecule has 28 heavy (non-hydrogen) atoms. The second-order valence-electron chi connectivity index (χ2n) is 5.58. The molecule has 0 aliphatic heterocycles. The number of nitrogens with zero attached hydrogens (tertiary/aromatic N) is 3. The zero-order valence-electron chi connectivity index (χ0n) is 14.4. The van der Waals surface area contributed by atoms with Crippen molar-refractivity contribution in [2.24, 2.45) is 0 Å². The van der Waals surface area contributed by atoms with Crippen molar-refractivity contribution in [1.82, 2.24) is 10.2 Å². The van der Waals surface area contributed by atoms with Gasteiger partial charge in [-0.2, -0.15) is 5.26 Å². The molecule has 142 valence electrons. The van der Waals surface area contributed by atoms with Crippen LogP contribution in [0.3, 0.4) is 0 Å². The van der Waals surface area contributed by atoms with Crippen molar-refractivity contribution in [1.29, 1.82) is 5.26 Å². The lowest BCUT2D eigenvalue weighted by atomic mass is 10.1. The second kappa shape index (κ2) is 9.48. The van der Waals surface area contributed by atoms with Crippen LogP contribution in [0, 0.1) is 17.1 Å². The zero-order chi connectivity index (χ0) is 19.9. The van der Waals surface area contributed by atoms with Gasteiger partial charge in [0.2, 0.25) is 5.89 Å². The molecule has 0 N–H and O–H groups in total. The normalized spacial score (nSPS) is 10.5. The van der Waals surface area contributed by atoms with Crippen LogP contribution < -0.4 is 0 Å². The quantitative estimate of drug-likeness (QED) is 0.478. The van der Waals surface area contributed by atoms with Crippen molar-refractivity contribution >= 4 is 33.7 Å². The molecule has 0 fully saturated rings. The molecule has 1 aromatic heterocycles. The van der Waals surface area contributed by atoms with Crippen molar-refractivity contribution in [3.05, 3.63) is 69.8 Å². The van der Waals surface area contributed by atoms with E-state index in [9.17, 15) is 9.18 Å². The number of halogens is 2. The fourth-order valence-electron chi connectivity index (χ4n) is 2.22. The third-order valence-corrected chi connectivity index (χ3v) is 5.00. The molecular weight excluding hydrogens is 449 g/mol. The standard InChI is InChI=1S/C19H13BrFN3O3S/c20-15-5-4-14(16(21)7-15)10-28-11-18(25)26-9-17-23-24-19(27-17)13-3-1-2-12(6-13)8-22/h1-7H,9-11H2. The molecule has 0 amide bonds. The number of hydrogen-bond donors (Lipinski definition) is 0. The molecule has 0 spiro atoms. The molecule has 0 saturated heterocycles. The summed E-state index contributed by atoms with van der Waals surface area (Å²) in [7, 11) is 0. The number of ether oxygens (including phenoxy) is 1. The summed E-state index contributed by atoms with van der Waals surface area (Å²) in [6.07, 6.45) is 0. The Hall–Kier alpha value is -2.70. The predicted octanol–water partition coefficient (Wildman–Crippen LogP) is 4.49. The van der Waals surface area contributed by atoms with E-state index in [0.29, 0.717) is 26.9 Å². The van der Waals surface area contributed by atoms with Crippen molar-refractivity contribution < 1.29 is 18.3 Å². The molecule has 3 rings (SSSR count). The van der Waals surface area contributed by atoms with Gasteiger partial charge in [0.05, 0.1) is 17.4 Å². The Kier molecular flexibility index (Phi) is 6.79. The summed E-state index contributed by atoms with van der Waals surface area (Å²) in [5.41, 5.74) is 1.60. The first kappa shape index (κ1) is 20.0. The first-order chi connectivity index (χ1) is 13.5. The Morgan fingerprint density at radius 3 is 2.93 bits per heavy atom. The van der Waals surface area contributed by atoms with Gasteiger partial charge in [-0.25, -0.2) is 4.39 Å². The Balaban J connectivity index is 1.47. The molecular formula is C19H13BrFN3O3S. The van der Waals surface area contributed by atoms with Gasteiger partial charge in [-0.15, -0.1) is 22.0 Å². The minimum Gasteiger partial charge on any atom is -0.455 e. The van der Waals surface area contributed by atoms with Gasteiger partial charge in [0.15, 0.2) is 6.61 Å². The monoisotopic (exact) mass is 461 g/mol. The van der Waals surface area contributed by atoms with Crippen molar-refractivity contribution in [3.63, 3.8) is 0 Å². The van der Waals surface area contributed by atoms with Crippen LogP contribution in [0.1, 0.15) is 17.0 Å². The minimum absolute atomic E-state index is 0.0702. The maximum absolute atomic E-state index is 13.7. The highest BCUT2D eigenvalue weighted by Crippen LogP contribution is 2.21. The van der Waals surface area contributed by atoms with Crippen LogP contribution in [0.5, 0.6) is 0 Å². The first-order valence-electron chi connectivity index (χ1n) is 8.05. The Morgan fingerprint density at radius 2 is 2.14 bits per heavy atom. The highest BCUT2D eigenvalue weighted by molar-refractivity contribution is 9.10. The molecule has 0 radical (unpaired) electrons. The van der Waals surface area contributed by atoms with Crippen LogP contribution in [0.2, 0.25) is 0 Å². The van der Waals surface area contributed by atoms with E-state index in [1.807, 2.05) is 6.07 Å². The summed E-state index contributed by atoms with van der Waals surface area (Å²) in [5, 5.41) is 16.7. The van der Waals surface area contributed by atoms with Crippen molar-refractivity contribution in [2.45, 2.75) is 12.4 Å². The molecule has 1 heterocycles. The van der Waals surface area contributed by atoms with Gasteiger partial charge in [0.1, 0.15) is 5.82 Å². The Bertz CT molecular complexity index is 1040. The summed E-state index contributed by atoms with van der Waals surface area (Å²) in [6, 6.07) is 13.6. The van der Waals surface area contributed by atoms with E-state index >= 15 is 0 Å². The zero-order valence-corrected chi connectivity index (χ0v) is 16.8. The third kappa shape index (κ3) is 5.41. The van der Waals surface area contributed by atoms with E-state index in [2.05, 4.69) is 26.1 Å². The Morgan fingerprint density at radius 1 is 1.29 bits per heavy atom. The molecule has 0 saturated carbocycles. The summed E-state index contributed by atoms with van der Waals surface area (Å²) in [4.78, 5) is 11.8. The van der Waals surface area contributed by atoms with E-state index in [-0.39, 0.29) is 30.0 Å². The van der Waals surface area contributed by atoms with Crippen LogP contribution in [0.15, 0.2) is 51.4 Å². The molecule has 9 heteroatoms. The summed E-state index contributed by atoms with van der Waals surface area (Å²) in [5.74, 6) is 0.0234. The summed E-state index contributed by atoms with van der Waals surface area (Å²) >= 11 is 4.45. The fraction of sp³-hybridized carbons (Fsp3) is 0.158. The molecule has 0 aliphatic rings. The highest BCUT2D eigenvalue weighted by atomic mass is 79.9. The van der Waals surface area contributed by atoms with E-state index in [4.69, 9.17) is 14.4 Å². The van der Waals surface area contributed by atoms with Crippen molar-refractivity contribution in [3.8, 4) is 17.5 Å². The largest absolute Gasteiger partial charge is 0.455 e. The number of nitriles is 1. The predicted molar refractivity (Wildman–Crippen MR) is 105 cm³/mol. The van der Waals surface area contributed by atoms with Gasteiger partial charge >= 0.3 is 5.97 Å². The van der Waals surface area contributed by atoms with E-state index in [0.717, 1.165) is 0 Å². The summed E-state index contributed by atoms with van der Waals surface area (Å²) in [6.45, 7) is -0.156. The topological polar surface area (TPSA) is 89.0 Å². The highest BCUT2D eigenvalue weighted by Gasteiger charge is 2.12. The maximum atomic E-state index is 13.7. The lowest BCUT2D eigenvalue weighted by Crippen LogP contribution is -2.07. The van der Waals surface area contributed by atoms with Gasteiger partial charge in [0.25, 0.3) is 5.89 Å². The van der Waals surface area contributed by atoms with E-state index < -0.39 is 5.97 Å². The number of thioether (sulfide) groups is 1. The maximum Gasteiger partial charge on any atom is 0.316 e. The number of carbonyl (C=O) groups excluding carboxylic acids is 1. The third-order valence-electron chi connectivity index (χ3n) is 3.55. The lowest BCUT2D eigenvalue weighted by molar-refractivity contribution is -0.142. The Labute approximate surface area is 172 Å². The van der Waals surface area contributed by atoms with Gasteiger partial charge in [-0.1, -0.05) is 28.1 Å². The van der Waals surface area contributed by atoms with Crippen molar-refractivity contribution in [2.75, 3.05) is 5.75 Å². The number of esters is 1. The van der Waals surface area contributed by atoms with Crippen LogP contribution in [0.4, 0.5) is 4.39 Å². The second-order valence-corrected chi connectivity index (χ2v) is 7.48. The molecule has 3 aromatic rings. The van der Waals surface area contributed by atoms with E-state index in [1.54, 1.807) is 36.4 Å². The van der Waals surface area contributed by atoms with Gasteiger partial charge < -0.3 is 9.15 Å². The van der Waals surface area contributed by atoms with Crippen LogP contribution in [-0.2, 0) is 21.9 Å². The average molecular weight is 462 g/mol. The number of aromatic nitrogens is 2. The minimum atomic E-state index is -0.464. The molecule has 6 nitrogen and oxygen atoms in total. The molecule has 2 aromatic carbocycles. The molecule has 0 aliphatic carbocycles. The summed E-state index contributed by atoms with van der Waals surface area (Å²) < 4.78 is 24.9. The SMILES string of the molecule is N#Cc1cccc(-c2nnc(COC(=O)CSCc3ccc(Br)cc3F)o2)c1. The van der Waals surface area contributed by atoms with Crippen LogP contribution in [0.25, 0.3) is 11.5 Å². The van der Waals surface area contributed by atoms with Gasteiger partial charge in [0, 0.05) is 15.8 Å². The van der Waals surface area contributed by atoms with Gasteiger partial charge in [-0.05, 0) is 35.9 Å². The number of benzene rings is 2. The number of hydrogen-bond acceptors (Lipinski definition) is 7. The van der Waals surface area contributed by atoms with E-state index in [1.165, 1.54) is 17.8 Å².